The number of anilines is 1. The SMILES string of the molecule is CCCc1sc2nc(SCC(=O)Nc3ccc(F)c(Cl)c3)n(-c3ccc(Cl)cc3)c(=O)c2c1C. The smallest absolute Gasteiger partial charge is 0.267 e. The van der Waals surface area contributed by atoms with Crippen LogP contribution in [0, 0.1) is 12.7 Å². The molecule has 1 N–H and O–H groups in total. The number of thiophene rings is 1. The lowest BCUT2D eigenvalue weighted by Crippen LogP contribution is -2.22. The Balaban J connectivity index is 1.70. The topological polar surface area (TPSA) is 64.0 Å². The molecule has 0 fully saturated rings. The summed E-state index contributed by atoms with van der Waals surface area (Å²) in [6.07, 6.45) is 1.84. The van der Waals surface area contributed by atoms with Crippen molar-refractivity contribution in [1.82, 2.24) is 9.55 Å². The van der Waals surface area contributed by atoms with E-state index in [1.165, 1.54) is 34.1 Å². The highest BCUT2D eigenvalue weighted by atomic mass is 35.5. The molecule has 0 spiro atoms. The van der Waals surface area contributed by atoms with Gasteiger partial charge in [-0.25, -0.2) is 9.37 Å². The van der Waals surface area contributed by atoms with E-state index in [1.54, 1.807) is 24.3 Å². The van der Waals surface area contributed by atoms with Gasteiger partial charge in [0.15, 0.2) is 5.16 Å². The molecule has 176 valence electrons. The predicted octanol–water partition coefficient (Wildman–Crippen LogP) is 6.88. The van der Waals surface area contributed by atoms with Crippen molar-refractivity contribution in [3.8, 4) is 5.69 Å². The highest BCUT2D eigenvalue weighted by Crippen LogP contribution is 2.31. The molecule has 2 heterocycles. The standard InChI is InChI=1S/C24H20Cl2FN3O2S2/c1-3-4-19-13(2)21-22(34-19)29-24(30(23(21)32)16-8-5-14(25)6-9-16)33-12-20(31)28-15-7-10-18(27)17(26)11-15/h5-11H,3-4,12H2,1-2H3,(H,28,31). The molecule has 4 rings (SSSR count). The van der Waals surface area contributed by atoms with Crippen LogP contribution >= 0.6 is 46.3 Å². The summed E-state index contributed by atoms with van der Waals surface area (Å²) in [5, 5.41) is 4.15. The van der Waals surface area contributed by atoms with Crippen molar-refractivity contribution in [2.45, 2.75) is 31.8 Å². The van der Waals surface area contributed by atoms with Crippen LogP contribution in [0.3, 0.4) is 0 Å². The van der Waals surface area contributed by atoms with E-state index < -0.39 is 5.82 Å². The van der Waals surface area contributed by atoms with Crippen LogP contribution in [-0.2, 0) is 11.2 Å². The Bertz CT molecular complexity index is 1440. The second-order valence-electron chi connectivity index (χ2n) is 7.56. The zero-order chi connectivity index (χ0) is 24.4. The first-order valence-electron chi connectivity index (χ1n) is 10.5. The van der Waals surface area contributed by atoms with Crippen molar-refractivity contribution < 1.29 is 9.18 Å². The Hall–Kier alpha value is -2.39. The van der Waals surface area contributed by atoms with E-state index >= 15 is 0 Å². The molecule has 2 aromatic carbocycles. The molecule has 5 nitrogen and oxygen atoms in total. The van der Waals surface area contributed by atoms with Crippen molar-refractivity contribution in [2.24, 2.45) is 0 Å². The Morgan fingerprint density at radius 3 is 2.62 bits per heavy atom. The molecule has 0 saturated heterocycles. The first kappa shape index (κ1) is 24.7. The second-order valence-corrected chi connectivity index (χ2v) is 10.4. The summed E-state index contributed by atoms with van der Waals surface area (Å²) in [7, 11) is 0. The maximum atomic E-state index is 13.6. The largest absolute Gasteiger partial charge is 0.325 e. The number of aryl methyl sites for hydroxylation is 2. The van der Waals surface area contributed by atoms with Crippen LogP contribution < -0.4 is 10.9 Å². The average Bonchev–Trinajstić information content (AvgIpc) is 3.11. The van der Waals surface area contributed by atoms with Gasteiger partial charge in [0, 0.05) is 15.6 Å². The number of benzene rings is 2. The first-order valence-corrected chi connectivity index (χ1v) is 13.0. The van der Waals surface area contributed by atoms with Crippen LogP contribution in [0.25, 0.3) is 15.9 Å². The summed E-state index contributed by atoms with van der Waals surface area (Å²) in [5.41, 5.74) is 1.76. The molecule has 0 radical (unpaired) electrons. The maximum Gasteiger partial charge on any atom is 0.267 e. The van der Waals surface area contributed by atoms with Gasteiger partial charge in [-0.05, 0) is 61.4 Å². The molecule has 10 heteroatoms. The number of hydrogen-bond donors (Lipinski definition) is 1. The summed E-state index contributed by atoms with van der Waals surface area (Å²) < 4.78 is 14.9. The normalized spacial score (nSPS) is 11.2. The van der Waals surface area contributed by atoms with Crippen LogP contribution in [0.2, 0.25) is 10.0 Å². The summed E-state index contributed by atoms with van der Waals surface area (Å²) in [6.45, 7) is 4.05. The number of hydrogen-bond acceptors (Lipinski definition) is 5. The number of rotatable bonds is 7. The minimum absolute atomic E-state index is 0.00724. The molecule has 2 aromatic heterocycles. The monoisotopic (exact) mass is 535 g/mol. The second kappa shape index (κ2) is 10.5. The fourth-order valence-electron chi connectivity index (χ4n) is 3.49. The molecule has 34 heavy (non-hydrogen) atoms. The molecule has 4 aromatic rings. The minimum atomic E-state index is -0.563. The molecule has 0 aliphatic carbocycles. The molecular formula is C24H20Cl2FN3O2S2. The summed E-state index contributed by atoms with van der Waals surface area (Å²) >= 11 is 14.5. The molecule has 0 bridgehead atoms. The van der Waals surface area contributed by atoms with Gasteiger partial charge in [-0.1, -0.05) is 48.3 Å². The molecule has 0 aliphatic heterocycles. The lowest BCUT2D eigenvalue weighted by Gasteiger charge is -2.12. The fourth-order valence-corrected chi connectivity index (χ4v) is 5.93. The highest BCUT2D eigenvalue weighted by molar-refractivity contribution is 7.99. The number of aromatic nitrogens is 2. The van der Waals surface area contributed by atoms with Gasteiger partial charge in [-0.15, -0.1) is 11.3 Å². The fraction of sp³-hybridized carbons (Fsp3) is 0.208. The molecule has 0 aliphatic rings. The Kier molecular flexibility index (Phi) is 7.62. The molecule has 0 saturated carbocycles. The van der Waals surface area contributed by atoms with E-state index in [4.69, 9.17) is 28.2 Å². The number of carbonyl (C=O) groups is 1. The van der Waals surface area contributed by atoms with Crippen molar-refractivity contribution >= 4 is 68.1 Å². The van der Waals surface area contributed by atoms with Gasteiger partial charge in [0.25, 0.3) is 5.56 Å². The van der Waals surface area contributed by atoms with Crippen molar-refractivity contribution in [1.29, 1.82) is 0 Å². The van der Waals surface area contributed by atoms with Crippen LogP contribution in [0.1, 0.15) is 23.8 Å². The van der Waals surface area contributed by atoms with Gasteiger partial charge in [-0.2, -0.15) is 0 Å². The Morgan fingerprint density at radius 2 is 1.94 bits per heavy atom. The Labute approximate surface area is 213 Å². The van der Waals surface area contributed by atoms with Crippen LogP contribution in [0.4, 0.5) is 10.1 Å². The number of fused-ring (bicyclic) bond motifs is 1. The molecule has 0 atom stereocenters. The van der Waals surface area contributed by atoms with Gasteiger partial charge in [0.05, 0.1) is 21.8 Å². The minimum Gasteiger partial charge on any atom is -0.325 e. The van der Waals surface area contributed by atoms with Gasteiger partial charge in [0.2, 0.25) is 5.91 Å². The molecule has 0 unspecified atom stereocenters. The Morgan fingerprint density at radius 1 is 1.21 bits per heavy atom. The number of carbonyl (C=O) groups excluding carboxylic acids is 1. The van der Waals surface area contributed by atoms with Crippen molar-refractivity contribution in [3.63, 3.8) is 0 Å². The first-order chi connectivity index (χ1) is 16.3. The zero-order valence-corrected chi connectivity index (χ0v) is 21.5. The number of thioether (sulfide) groups is 1. The van der Waals surface area contributed by atoms with E-state index in [9.17, 15) is 14.0 Å². The van der Waals surface area contributed by atoms with Crippen LogP contribution in [0.15, 0.2) is 52.4 Å². The maximum absolute atomic E-state index is 13.6. The van der Waals surface area contributed by atoms with Gasteiger partial charge in [0.1, 0.15) is 10.6 Å². The third kappa shape index (κ3) is 5.15. The quantitative estimate of drug-likeness (QED) is 0.207. The number of nitrogens with zero attached hydrogens (tertiary/aromatic N) is 2. The highest BCUT2D eigenvalue weighted by Gasteiger charge is 2.20. The summed E-state index contributed by atoms with van der Waals surface area (Å²) in [5.74, 6) is -0.905. The van der Waals surface area contributed by atoms with Crippen LogP contribution in [0.5, 0.6) is 0 Å². The van der Waals surface area contributed by atoms with E-state index in [2.05, 4.69) is 12.2 Å². The third-order valence-corrected chi connectivity index (χ3v) is 7.86. The number of amides is 1. The zero-order valence-electron chi connectivity index (χ0n) is 18.3. The lowest BCUT2D eigenvalue weighted by molar-refractivity contribution is -0.113. The van der Waals surface area contributed by atoms with Gasteiger partial charge in [-0.3, -0.25) is 14.2 Å². The lowest BCUT2D eigenvalue weighted by atomic mass is 10.1. The molecular weight excluding hydrogens is 516 g/mol. The van der Waals surface area contributed by atoms with E-state index in [0.29, 0.717) is 31.8 Å². The number of nitrogens with one attached hydrogen (secondary N) is 1. The average molecular weight is 536 g/mol. The van der Waals surface area contributed by atoms with E-state index in [-0.39, 0.29) is 22.2 Å². The van der Waals surface area contributed by atoms with E-state index in [0.717, 1.165) is 35.0 Å². The van der Waals surface area contributed by atoms with Crippen LogP contribution in [-0.4, -0.2) is 21.2 Å². The van der Waals surface area contributed by atoms with Crippen molar-refractivity contribution in [2.75, 3.05) is 11.1 Å². The van der Waals surface area contributed by atoms with E-state index in [1.807, 2.05) is 6.92 Å². The summed E-state index contributed by atoms with van der Waals surface area (Å²) in [4.78, 5) is 32.7. The molecule has 1 amide bonds. The predicted molar refractivity (Wildman–Crippen MR) is 140 cm³/mol. The number of halogens is 3. The summed E-state index contributed by atoms with van der Waals surface area (Å²) in [6, 6.07) is 10.9. The third-order valence-electron chi connectivity index (χ3n) is 5.13. The van der Waals surface area contributed by atoms with Gasteiger partial charge < -0.3 is 5.32 Å². The van der Waals surface area contributed by atoms with Gasteiger partial charge >= 0.3 is 0 Å². The van der Waals surface area contributed by atoms with Crippen molar-refractivity contribution in [3.05, 3.63) is 79.1 Å².